The van der Waals surface area contributed by atoms with Crippen molar-refractivity contribution in [3.8, 4) is 6.07 Å². The molecule has 2 bridgehead atoms. The summed E-state index contributed by atoms with van der Waals surface area (Å²) in [6.07, 6.45) is 7.11. The zero-order valence-electron chi connectivity index (χ0n) is 11.2. The Kier molecular flexibility index (Phi) is 3.70. The van der Waals surface area contributed by atoms with E-state index in [9.17, 15) is 0 Å². The minimum atomic E-state index is 0.492. The van der Waals surface area contributed by atoms with E-state index in [4.69, 9.17) is 17.5 Å². The van der Waals surface area contributed by atoms with Gasteiger partial charge in [0.25, 0.3) is 0 Å². The molecule has 3 nitrogen and oxygen atoms in total. The molecule has 0 saturated heterocycles. The molecule has 1 aromatic carbocycles. The molecule has 0 amide bonds. The van der Waals surface area contributed by atoms with E-state index in [1.54, 1.807) is 0 Å². The first-order chi connectivity index (χ1) is 9.74. The minimum absolute atomic E-state index is 0.492. The first-order valence-electron chi connectivity index (χ1n) is 6.96. The van der Waals surface area contributed by atoms with Crippen molar-refractivity contribution in [1.82, 2.24) is 10.6 Å². The molecule has 3 unspecified atom stereocenters. The molecule has 0 spiro atoms. The van der Waals surface area contributed by atoms with Gasteiger partial charge in [-0.1, -0.05) is 24.3 Å². The number of hydrogen-bond acceptors (Lipinski definition) is 2. The van der Waals surface area contributed by atoms with E-state index in [2.05, 4.69) is 28.9 Å². The summed E-state index contributed by atoms with van der Waals surface area (Å²) in [5.41, 5.74) is 1.81. The Hall–Kier alpha value is -1.86. The average Bonchev–Trinajstić information content (AvgIpc) is 3.08. The van der Waals surface area contributed by atoms with Gasteiger partial charge in [0.15, 0.2) is 5.11 Å². The maximum Gasteiger partial charge on any atom is 0.166 e. The Morgan fingerprint density at radius 2 is 2.05 bits per heavy atom. The second-order valence-electron chi connectivity index (χ2n) is 5.52. The number of thiocarbonyl (C=S) groups is 1. The van der Waals surface area contributed by atoms with Crippen molar-refractivity contribution in [2.75, 3.05) is 0 Å². The molecule has 0 radical (unpaired) electrons. The van der Waals surface area contributed by atoms with E-state index >= 15 is 0 Å². The van der Waals surface area contributed by atoms with E-state index < -0.39 is 0 Å². The third-order valence-corrected chi connectivity index (χ3v) is 4.39. The van der Waals surface area contributed by atoms with Crippen LogP contribution in [0.4, 0.5) is 0 Å². The van der Waals surface area contributed by atoms with Crippen molar-refractivity contribution in [2.24, 2.45) is 11.8 Å². The number of nitriles is 1. The van der Waals surface area contributed by atoms with Crippen LogP contribution < -0.4 is 10.6 Å². The highest BCUT2D eigenvalue weighted by atomic mass is 32.1. The Balaban J connectivity index is 1.47. The molecular weight excluding hydrogens is 266 g/mol. The van der Waals surface area contributed by atoms with E-state index in [0.29, 0.717) is 24.1 Å². The summed E-state index contributed by atoms with van der Waals surface area (Å²) >= 11 is 5.36. The van der Waals surface area contributed by atoms with Crippen LogP contribution in [-0.4, -0.2) is 11.2 Å². The van der Waals surface area contributed by atoms with Crippen molar-refractivity contribution in [2.45, 2.75) is 25.4 Å². The minimum Gasteiger partial charge on any atom is -0.359 e. The lowest BCUT2D eigenvalue weighted by atomic mass is 10.0. The second kappa shape index (κ2) is 5.64. The number of nitrogens with zero attached hydrogens (tertiary/aromatic N) is 1. The van der Waals surface area contributed by atoms with Gasteiger partial charge >= 0.3 is 0 Å². The van der Waals surface area contributed by atoms with Gasteiger partial charge in [-0.05, 0) is 54.6 Å². The maximum absolute atomic E-state index is 8.76. The fourth-order valence-corrected chi connectivity index (χ4v) is 3.27. The fourth-order valence-electron chi connectivity index (χ4n) is 3.05. The van der Waals surface area contributed by atoms with Gasteiger partial charge in [0.1, 0.15) is 0 Å². The third-order valence-electron chi connectivity index (χ3n) is 4.13. The van der Waals surface area contributed by atoms with Gasteiger partial charge in [0, 0.05) is 12.6 Å². The average molecular weight is 283 g/mol. The van der Waals surface area contributed by atoms with Crippen molar-refractivity contribution in [1.29, 1.82) is 5.26 Å². The lowest BCUT2D eigenvalue weighted by molar-refractivity contribution is 0.520. The van der Waals surface area contributed by atoms with Crippen molar-refractivity contribution in [3.05, 3.63) is 47.5 Å². The van der Waals surface area contributed by atoms with Crippen molar-refractivity contribution >= 4 is 17.3 Å². The first kappa shape index (κ1) is 13.1. The van der Waals surface area contributed by atoms with Crippen LogP contribution in [0.3, 0.4) is 0 Å². The van der Waals surface area contributed by atoms with Crippen LogP contribution in [0.15, 0.2) is 36.4 Å². The maximum atomic E-state index is 8.76. The highest BCUT2D eigenvalue weighted by Crippen LogP contribution is 2.38. The van der Waals surface area contributed by atoms with Gasteiger partial charge in [0.2, 0.25) is 0 Å². The third kappa shape index (κ3) is 2.83. The summed E-state index contributed by atoms with van der Waals surface area (Å²) in [5, 5.41) is 16.1. The molecule has 1 fully saturated rings. The summed E-state index contributed by atoms with van der Waals surface area (Å²) in [7, 11) is 0. The standard InChI is InChI=1S/C16H17N3S/c17-9-11-1-3-12(4-2-11)10-18-16(20)19-15-8-13-5-6-14(15)7-13/h1-6,13-15H,7-8,10H2,(H2,18,19,20). The largest absolute Gasteiger partial charge is 0.359 e. The van der Waals surface area contributed by atoms with Gasteiger partial charge in [-0.15, -0.1) is 0 Å². The van der Waals surface area contributed by atoms with Gasteiger partial charge in [-0.3, -0.25) is 0 Å². The molecule has 4 heteroatoms. The van der Waals surface area contributed by atoms with Crippen LogP contribution in [0, 0.1) is 23.2 Å². The van der Waals surface area contributed by atoms with Gasteiger partial charge in [-0.25, -0.2) is 0 Å². The highest BCUT2D eigenvalue weighted by molar-refractivity contribution is 7.80. The Morgan fingerprint density at radius 3 is 2.65 bits per heavy atom. The molecule has 2 aliphatic carbocycles. The monoisotopic (exact) mass is 283 g/mol. The summed E-state index contributed by atoms with van der Waals surface area (Å²) < 4.78 is 0. The quantitative estimate of drug-likeness (QED) is 0.661. The highest BCUT2D eigenvalue weighted by Gasteiger charge is 2.35. The summed E-state index contributed by atoms with van der Waals surface area (Å²) in [5.74, 6) is 1.40. The number of hydrogen-bond donors (Lipinski definition) is 2. The van der Waals surface area contributed by atoms with Crippen LogP contribution in [-0.2, 0) is 6.54 Å². The van der Waals surface area contributed by atoms with Gasteiger partial charge in [0.05, 0.1) is 11.6 Å². The topological polar surface area (TPSA) is 47.9 Å². The van der Waals surface area contributed by atoms with Crippen LogP contribution in [0.2, 0.25) is 0 Å². The van der Waals surface area contributed by atoms with Crippen LogP contribution in [0.1, 0.15) is 24.0 Å². The number of rotatable bonds is 3. The SMILES string of the molecule is N#Cc1ccc(CNC(=S)NC2CC3C=CC2C3)cc1. The number of allylic oxidation sites excluding steroid dienone is 1. The molecule has 20 heavy (non-hydrogen) atoms. The summed E-state index contributed by atoms with van der Waals surface area (Å²) in [6, 6.07) is 10.2. The van der Waals surface area contributed by atoms with Crippen LogP contribution >= 0.6 is 12.2 Å². The van der Waals surface area contributed by atoms with Crippen molar-refractivity contribution in [3.63, 3.8) is 0 Å². The molecule has 102 valence electrons. The second-order valence-corrected chi connectivity index (χ2v) is 5.93. The zero-order valence-corrected chi connectivity index (χ0v) is 12.0. The molecular formula is C16H17N3S. The van der Waals surface area contributed by atoms with E-state index in [1.807, 2.05) is 24.3 Å². The molecule has 0 heterocycles. The molecule has 2 N–H and O–H groups in total. The van der Waals surface area contributed by atoms with E-state index in [0.717, 1.165) is 16.6 Å². The Labute approximate surface area is 124 Å². The van der Waals surface area contributed by atoms with E-state index in [-0.39, 0.29) is 0 Å². The molecule has 2 aliphatic rings. The molecule has 1 saturated carbocycles. The fraction of sp³-hybridized carbons (Fsp3) is 0.375. The predicted molar refractivity (Wildman–Crippen MR) is 82.9 cm³/mol. The lowest BCUT2D eigenvalue weighted by Gasteiger charge is -2.22. The van der Waals surface area contributed by atoms with Gasteiger partial charge in [-0.2, -0.15) is 5.26 Å². The Morgan fingerprint density at radius 1 is 1.25 bits per heavy atom. The van der Waals surface area contributed by atoms with E-state index in [1.165, 1.54) is 12.8 Å². The molecule has 1 aromatic rings. The van der Waals surface area contributed by atoms with Crippen LogP contribution in [0.5, 0.6) is 0 Å². The first-order valence-corrected chi connectivity index (χ1v) is 7.37. The Bertz CT molecular complexity index is 570. The molecule has 3 rings (SSSR count). The molecule has 0 aromatic heterocycles. The van der Waals surface area contributed by atoms with Gasteiger partial charge < -0.3 is 10.6 Å². The number of fused-ring (bicyclic) bond motifs is 2. The number of nitrogens with one attached hydrogen (secondary N) is 2. The van der Waals surface area contributed by atoms with Crippen molar-refractivity contribution < 1.29 is 0 Å². The smallest absolute Gasteiger partial charge is 0.166 e. The van der Waals surface area contributed by atoms with Crippen LogP contribution in [0.25, 0.3) is 0 Å². The molecule has 3 atom stereocenters. The number of benzene rings is 1. The zero-order chi connectivity index (χ0) is 13.9. The summed E-state index contributed by atoms with van der Waals surface area (Å²) in [4.78, 5) is 0. The normalized spacial score (nSPS) is 26.2. The predicted octanol–water partition coefficient (Wildman–Crippen LogP) is 2.49. The summed E-state index contributed by atoms with van der Waals surface area (Å²) in [6.45, 7) is 0.689. The lowest BCUT2D eigenvalue weighted by Crippen LogP contribution is -2.43. The molecule has 0 aliphatic heterocycles.